The second kappa shape index (κ2) is 9.03. The van der Waals surface area contributed by atoms with Crippen molar-refractivity contribution < 1.29 is 14.6 Å². The number of hydrogen-bond donors (Lipinski definition) is 1. The molecule has 14 heavy (non-hydrogen) atoms. The zero-order chi connectivity index (χ0) is 10.8. The minimum atomic E-state index is 0.355. The summed E-state index contributed by atoms with van der Waals surface area (Å²) in [5, 5.41) is 7.69. The van der Waals surface area contributed by atoms with Gasteiger partial charge in [-0.2, -0.15) is 0 Å². The van der Waals surface area contributed by atoms with Crippen molar-refractivity contribution in [2.45, 2.75) is 32.8 Å². The summed E-state index contributed by atoms with van der Waals surface area (Å²) in [4.78, 5) is 0. The van der Waals surface area contributed by atoms with Gasteiger partial charge in [-0.25, -0.2) is 0 Å². The highest BCUT2D eigenvalue weighted by atomic mass is 16.5. The smallest absolute Gasteiger partial charge is 0.0810 e. The summed E-state index contributed by atoms with van der Waals surface area (Å²) >= 11 is 0. The van der Waals surface area contributed by atoms with Gasteiger partial charge in [0.15, 0.2) is 0 Å². The largest absolute Gasteiger partial charge is 0.516 e. The summed E-state index contributed by atoms with van der Waals surface area (Å²) in [6.45, 7) is 5.69. The predicted molar refractivity (Wildman–Crippen MR) is 57.5 cm³/mol. The van der Waals surface area contributed by atoms with Gasteiger partial charge in [-0.05, 0) is 25.7 Å². The molecule has 0 aromatic rings. The van der Waals surface area contributed by atoms with E-state index in [1.54, 1.807) is 20.1 Å². The van der Waals surface area contributed by atoms with E-state index in [0.29, 0.717) is 6.10 Å². The highest BCUT2D eigenvalue weighted by Crippen LogP contribution is 2.18. The van der Waals surface area contributed by atoms with Crippen LogP contribution in [0.1, 0.15) is 26.7 Å². The Balaban J connectivity index is 0.000000364. The van der Waals surface area contributed by atoms with Crippen molar-refractivity contribution in [1.29, 1.82) is 0 Å². The molecule has 1 N–H and O–H groups in total. The van der Waals surface area contributed by atoms with Crippen molar-refractivity contribution in [2.24, 2.45) is 5.92 Å². The maximum absolute atomic E-state index is 7.69. The molecule has 0 amide bonds. The Bertz CT molecular complexity index is 139. The summed E-state index contributed by atoms with van der Waals surface area (Å²) in [5.74, 6) is 0.814. The van der Waals surface area contributed by atoms with Crippen molar-refractivity contribution in [3.63, 3.8) is 0 Å². The molecule has 0 radical (unpaired) electrons. The average molecular weight is 202 g/mol. The van der Waals surface area contributed by atoms with Crippen molar-refractivity contribution in [1.82, 2.24) is 0 Å². The fraction of sp³-hybridized carbons (Fsp3) is 0.818. The van der Waals surface area contributed by atoms with Crippen LogP contribution in [0, 0.1) is 5.92 Å². The highest BCUT2D eigenvalue weighted by Gasteiger charge is 2.18. The molecule has 1 aliphatic heterocycles. The van der Waals surface area contributed by atoms with Crippen LogP contribution < -0.4 is 0 Å². The van der Waals surface area contributed by atoms with Crippen LogP contribution in [0.3, 0.4) is 0 Å². The van der Waals surface area contributed by atoms with Crippen LogP contribution in [-0.2, 0) is 9.47 Å². The second-order valence-electron chi connectivity index (χ2n) is 3.56. The number of aliphatic hydroxyl groups is 1. The van der Waals surface area contributed by atoms with Crippen LogP contribution in [0.4, 0.5) is 0 Å². The summed E-state index contributed by atoms with van der Waals surface area (Å²) < 4.78 is 10.5. The van der Waals surface area contributed by atoms with Crippen molar-refractivity contribution >= 4 is 0 Å². The molecule has 1 fully saturated rings. The number of methoxy groups -OCH3 is 1. The third kappa shape index (κ3) is 6.92. The molecule has 1 heterocycles. The molecule has 1 rings (SSSR count). The van der Waals surface area contributed by atoms with E-state index in [1.807, 2.05) is 0 Å². The van der Waals surface area contributed by atoms with Crippen molar-refractivity contribution in [2.75, 3.05) is 20.3 Å². The Morgan fingerprint density at radius 2 is 2.21 bits per heavy atom. The molecule has 0 spiro atoms. The van der Waals surface area contributed by atoms with Gasteiger partial charge in [-0.1, -0.05) is 13.0 Å². The topological polar surface area (TPSA) is 38.7 Å². The molecule has 0 saturated carbocycles. The van der Waals surface area contributed by atoms with Gasteiger partial charge in [0.25, 0.3) is 0 Å². The Hall–Kier alpha value is -0.540. The first-order valence-corrected chi connectivity index (χ1v) is 5.10. The molecule has 2 unspecified atom stereocenters. The summed E-state index contributed by atoms with van der Waals surface area (Å²) in [6.07, 6.45) is 5.28. The van der Waals surface area contributed by atoms with Gasteiger partial charge in [0.2, 0.25) is 0 Å². The second-order valence-corrected chi connectivity index (χ2v) is 3.56. The fourth-order valence-corrected chi connectivity index (χ4v) is 1.37. The van der Waals surface area contributed by atoms with Crippen LogP contribution in [0.15, 0.2) is 12.3 Å². The third-order valence-corrected chi connectivity index (χ3v) is 2.13. The molecule has 84 valence electrons. The monoisotopic (exact) mass is 202 g/mol. The summed E-state index contributed by atoms with van der Waals surface area (Å²) in [7, 11) is 1.72. The Labute approximate surface area is 86.7 Å². The summed E-state index contributed by atoms with van der Waals surface area (Å²) in [5.41, 5.74) is 0. The van der Waals surface area contributed by atoms with Crippen LogP contribution in [-0.4, -0.2) is 31.5 Å². The summed E-state index contributed by atoms with van der Waals surface area (Å²) in [6, 6.07) is 0. The van der Waals surface area contributed by atoms with Gasteiger partial charge in [0.05, 0.1) is 19.0 Å². The van der Waals surface area contributed by atoms with E-state index in [4.69, 9.17) is 14.6 Å². The molecule has 0 bridgehead atoms. The van der Waals surface area contributed by atoms with Crippen LogP contribution in [0.25, 0.3) is 0 Å². The lowest BCUT2D eigenvalue weighted by Crippen LogP contribution is -2.27. The molecule has 1 saturated heterocycles. The predicted octanol–water partition coefficient (Wildman–Crippen LogP) is 2.53. The van der Waals surface area contributed by atoms with E-state index in [-0.39, 0.29) is 0 Å². The molecule has 3 nitrogen and oxygen atoms in total. The van der Waals surface area contributed by atoms with Gasteiger partial charge in [0, 0.05) is 13.7 Å². The first-order valence-electron chi connectivity index (χ1n) is 5.10. The van der Waals surface area contributed by atoms with E-state index in [2.05, 4.69) is 6.92 Å². The highest BCUT2D eigenvalue weighted by molar-refractivity contribution is 4.67. The number of allylic oxidation sites excluding steroid dienone is 1. The van der Waals surface area contributed by atoms with Crippen LogP contribution >= 0.6 is 0 Å². The van der Waals surface area contributed by atoms with Crippen LogP contribution in [0.5, 0.6) is 0 Å². The molecular formula is C11H22O3. The molecule has 0 aromatic heterocycles. The van der Waals surface area contributed by atoms with Gasteiger partial charge >= 0.3 is 0 Å². The maximum atomic E-state index is 7.69. The SMILES string of the molecule is C/C=C\O.COCC1CC(C)CCO1. The van der Waals surface area contributed by atoms with Gasteiger partial charge in [-0.3, -0.25) is 0 Å². The number of rotatable bonds is 2. The van der Waals surface area contributed by atoms with Gasteiger partial charge < -0.3 is 14.6 Å². The molecule has 1 aliphatic rings. The first kappa shape index (κ1) is 13.5. The van der Waals surface area contributed by atoms with Crippen LogP contribution in [0.2, 0.25) is 0 Å². The molecule has 0 aliphatic carbocycles. The average Bonchev–Trinajstić information content (AvgIpc) is 2.19. The van der Waals surface area contributed by atoms with Gasteiger partial charge in [-0.15, -0.1) is 0 Å². The van der Waals surface area contributed by atoms with E-state index >= 15 is 0 Å². The fourth-order valence-electron chi connectivity index (χ4n) is 1.37. The number of ether oxygens (including phenoxy) is 2. The Morgan fingerprint density at radius 3 is 2.64 bits per heavy atom. The lowest BCUT2D eigenvalue weighted by atomic mass is 9.98. The van der Waals surface area contributed by atoms with Crippen molar-refractivity contribution in [3.8, 4) is 0 Å². The van der Waals surface area contributed by atoms with Crippen molar-refractivity contribution in [3.05, 3.63) is 12.3 Å². The molecule has 0 aromatic carbocycles. The maximum Gasteiger partial charge on any atom is 0.0810 e. The zero-order valence-electron chi connectivity index (χ0n) is 9.40. The molecule has 3 heteroatoms. The Morgan fingerprint density at radius 1 is 1.57 bits per heavy atom. The number of hydrogen-bond acceptors (Lipinski definition) is 3. The lowest BCUT2D eigenvalue weighted by molar-refractivity contribution is -0.0445. The Kier molecular flexibility index (Phi) is 8.68. The standard InChI is InChI=1S/C8H16O2.C3H6O/c1-7-3-4-10-8(5-7)6-9-2;1-2-3-4/h7-8H,3-6H2,1-2H3;2-4H,1H3/b;3-2-. The third-order valence-electron chi connectivity index (χ3n) is 2.13. The van der Waals surface area contributed by atoms with Gasteiger partial charge in [0.1, 0.15) is 0 Å². The van der Waals surface area contributed by atoms with E-state index in [9.17, 15) is 0 Å². The normalized spacial score (nSPS) is 27.1. The quantitative estimate of drug-likeness (QED) is 0.699. The minimum Gasteiger partial charge on any atom is -0.516 e. The molecule has 2 atom stereocenters. The van der Waals surface area contributed by atoms with E-state index in [1.165, 1.54) is 6.42 Å². The van der Waals surface area contributed by atoms with E-state index in [0.717, 1.165) is 31.8 Å². The molecular weight excluding hydrogens is 180 g/mol. The first-order chi connectivity index (χ1) is 6.74. The lowest BCUT2D eigenvalue weighted by Gasteiger charge is -2.26. The zero-order valence-corrected chi connectivity index (χ0v) is 9.40. The number of aliphatic hydroxyl groups excluding tert-OH is 1. The minimum absolute atomic E-state index is 0.355. The van der Waals surface area contributed by atoms with E-state index < -0.39 is 0 Å².